The van der Waals surface area contributed by atoms with Crippen LogP contribution in [0.4, 0.5) is 0 Å². The molecule has 0 saturated carbocycles. The fourth-order valence-electron chi connectivity index (χ4n) is 5.73. The number of ether oxygens (including phenoxy) is 4. The Morgan fingerprint density at radius 2 is 0.867 bits per heavy atom. The van der Waals surface area contributed by atoms with Crippen molar-refractivity contribution in [2.45, 2.75) is 13.1 Å². The van der Waals surface area contributed by atoms with Gasteiger partial charge in [0.05, 0.1) is 76.7 Å². The fourth-order valence-corrected chi connectivity index (χ4v) is 5.73. The zero-order valence-electron chi connectivity index (χ0n) is 25.8. The molecule has 2 aromatic heterocycles. The molecule has 13 heteroatoms. The predicted molar refractivity (Wildman–Crippen MR) is 162 cm³/mol. The van der Waals surface area contributed by atoms with Crippen molar-refractivity contribution in [3.05, 3.63) is 82.5 Å². The van der Waals surface area contributed by atoms with E-state index in [0.29, 0.717) is 115 Å². The quantitative estimate of drug-likeness (QED) is 0.103. The zero-order valence-corrected chi connectivity index (χ0v) is 29.4. The second-order valence-corrected chi connectivity index (χ2v) is 10.7. The molecular formula is C32H40BrN4NaO7. The molecule has 6 bridgehead atoms. The summed E-state index contributed by atoms with van der Waals surface area (Å²) in [6, 6.07) is 19.4. The zero-order chi connectivity index (χ0) is 28.7. The van der Waals surface area contributed by atoms with E-state index in [1.807, 2.05) is 60.7 Å². The summed E-state index contributed by atoms with van der Waals surface area (Å²) in [4.78, 5) is 4.34. The maximum Gasteiger partial charge on any atom is 1.00 e. The SMILES string of the molecule is O.[Br-].[Na+].[O-][n+]1c2cc3ccccc3c1CN1CCOCCOCCN(CCOCCOCC1)Cc1c3ccccc3cc-2[n+]1[O-]. The van der Waals surface area contributed by atoms with E-state index < -0.39 is 0 Å². The van der Waals surface area contributed by atoms with E-state index in [2.05, 4.69) is 9.80 Å². The van der Waals surface area contributed by atoms with Gasteiger partial charge in [0.25, 0.3) is 11.4 Å². The van der Waals surface area contributed by atoms with Gasteiger partial charge in [-0.1, -0.05) is 36.4 Å². The molecule has 3 aliphatic rings. The van der Waals surface area contributed by atoms with Gasteiger partial charge in [-0.3, -0.25) is 9.80 Å². The Morgan fingerprint density at radius 1 is 0.533 bits per heavy atom. The molecule has 0 unspecified atom stereocenters. The maximum absolute atomic E-state index is 14.3. The van der Waals surface area contributed by atoms with Crippen LogP contribution in [0.1, 0.15) is 11.4 Å². The Kier molecular flexibility index (Phi) is 15.3. The van der Waals surface area contributed by atoms with Gasteiger partial charge in [0, 0.05) is 38.3 Å². The number of fused-ring (bicyclic) bond motifs is 16. The van der Waals surface area contributed by atoms with Crippen LogP contribution in [-0.2, 0) is 32.0 Å². The Morgan fingerprint density at radius 3 is 1.22 bits per heavy atom. The van der Waals surface area contributed by atoms with Crippen molar-refractivity contribution in [3.63, 3.8) is 0 Å². The van der Waals surface area contributed by atoms with Gasteiger partial charge >= 0.3 is 29.6 Å². The smallest absolute Gasteiger partial charge is 1.00 e. The van der Waals surface area contributed by atoms with Crippen molar-refractivity contribution in [1.82, 2.24) is 9.80 Å². The van der Waals surface area contributed by atoms with Crippen molar-refractivity contribution in [3.8, 4) is 11.4 Å². The summed E-state index contributed by atoms with van der Waals surface area (Å²) in [6.07, 6.45) is 0. The minimum atomic E-state index is 0. The van der Waals surface area contributed by atoms with Crippen LogP contribution in [-0.4, -0.2) is 94.3 Å². The molecule has 238 valence electrons. The molecule has 3 aliphatic heterocycles. The average molecular weight is 696 g/mol. The third-order valence-corrected chi connectivity index (χ3v) is 8.02. The Bertz CT molecular complexity index is 1400. The number of halogens is 1. The van der Waals surface area contributed by atoms with Crippen LogP contribution in [0.25, 0.3) is 32.9 Å². The minimum absolute atomic E-state index is 0. The third kappa shape index (κ3) is 9.11. The molecular weight excluding hydrogens is 655 g/mol. The first kappa shape index (κ1) is 37.5. The molecule has 0 amide bonds. The number of hydrogen-bond acceptors (Lipinski definition) is 8. The van der Waals surface area contributed by atoms with E-state index in [4.69, 9.17) is 18.9 Å². The van der Waals surface area contributed by atoms with E-state index in [-0.39, 0.29) is 52.0 Å². The first-order chi connectivity index (χ1) is 20.7. The van der Waals surface area contributed by atoms with Gasteiger partial charge in [0.2, 0.25) is 11.4 Å². The van der Waals surface area contributed by atoms with Crippen LogP contribution in [0.5, 0.6) is 0 Å². The van der Waals surface area contributed by atoms with Crippen LogP contribution in [0.15, 0.2) is 60.7 Å². The summed E-state index contributed by atoms with van der Waals surface area (Å²) >= 11 is 0. The molecule has 2 aromatic carbocycles. The molecule has 45 heavy (non-hydrogen) atoms. The topological polar surface area (TPSA) is 129 Å². The Labute approximate surface area is 296 Å². The number of pyridine rings is 2. The summed E-state index contributed by atoms with van der Waals surface area (Å²) in [7, 11) is 0. The van der Waals surface area contributed by atoms with Crippen LogP contribution in [0, 0.1) is 10.4 Å². The summed E-state index contributed by atoms with van der Waals surface area (Å²) in [5.74, 6) is 0. The van der Waals surface area contributed by atoms with Crippen molar-refractivity contribution in [1.29, 1.82) is 0 Å². The van der Waals surface area contributed by atoms with Gasteiger partial charge < -0.3 is 51.8 Å². The largest absolute Gasteiger partial charge is 1.00 e. The number of hydrogen-bond donors (Lipinski definition) is 0. The van der Waals surface area contributed by atoms with Crippen molar-refractivity contribution >= 4 is 21.5 Å². The summed E-state index contributed by atoms with van der Waals surface area (Å²) in [6.45, 7) is 7.20. The molecule has 5 heterocycles. The molecule has 2 N–H and O–H groups in total. The van der Waals surface area contributed by atoms with Gasteiger partial charge in [0.15, 0.2) is 0 Å². The molecule has 11 nitrogen and oxygen atoms in total. The molecule has 1 saturated heterocycles. The number of rotatable bonds is 0. The molecule has 0 spiro atoms. The van der Waals surface area contributed by atoms with E-state index in [0.717, 1.165) is 31.0 Å². The van der Waals surface area contributed by atoms with Gasteiger partial charge in [-0.05, 0) is 22.9 Å². The van der Waals surface area contributed by atoms with Crippen LogP contribution >= 0.6 is 0 Å². The molecule has 7 rings (SSSR count). The van der Waals surface area contributed by atoms with Crippen LogP contribution in [0.2, 0.25) is 0 Å². The van der Waals surface area contributed by atoms with Gasteiger partial charge in [-0.15, -0.1) is 0 Å². The second-order valence-electron chi connectivity index (χ2n) is 10.7. The molecule has 1 fully saturated rings. The molecule has 0 atom stereocenters. The van der Waals surface area contributed by atoms with E-state index >= 15 is 0 Å². The predicted octanol–water partition coefficient (Wildman–Crippen LogP) is -4.19. The normalized spacial score (nSPS) is 20.3. The second kappa shape index (κ2) is 18.4. The van der Waals surface area contributed by atoms with Crippen molar-refractivity contribution in [2.75, 3.05) is 79.0 Å². The van der Waals surface area contributed by atoms with Crippen LogP contribution in [0.3, 0.4) is 0 Å². The van der Waals surface area contributed by atoms with E-state index in [9.17, 15) is 10.4 Å². The first-order valence-corrected chi connectivity index (χ1v) is 14.7. The summed E-state index contributed by atoms with van der Waals surface area (Å²) in [5, 5.41) is 32.1. The van der Waals surface area contributed by atoms with Crippen molar-refractivity contribution < 1.29 is 80.4 Å². The summed E-state index contributed by atoms with van der Waals surface area (Å²) in [5.41, 5.74) is 1.85. The minimum Gasteiger partial charge on any atom is -1.00 e. The van der Waals surface area contributed by atoms with Gasteiger partial charge in [-0.2, -0.15) is 9.46 Å². The standard InChI is InChI=1S/C32H38N4O6.BrH.Na.H2O/c37-35-29-21-25-5-1-3-7-27(25)31(35)23-33-9-13-39-17-19-41-15-11-34(12-16-42-20-18-40-14-10-33)24-32-28-8-4-2-6-26(28)22-30(29)36(32)38;;;/h1-8,21-22H,9-20,23-24H2;1H;;1H2/q;;+1;/p-1. The number of aromatic nitrogens is 2. The molecule has 0 radical (unpaired) electrons. The first-order valence-electron chi connectivity index (χ1n) is 14.7. The Balaban J connectivity index is 0.00000184. The van der Waals surface area contributed by atoms with E-state index in [1.165, 1.54) is 0 Å². The monoisotopic (exact) mass is 694 g/mol. The Hall–Kier alpha value is -1.94. The maximum atomic E-state index is 14.3. The fraction of sp³-hybridized carbons (Fsp3) is 0.438. The van der Waals surface area contributed by atoms with Crippen molar-refractivity contribution in [2.24, 2.45) is 0 Å². The molecule has 4 aromatic rings. The van der Waals surface area contributed by atoms with Crippen LogP contribution < -0.4 is 56.0 Å². The number of benzene rings is 2. The van der Waals surface area contributed by atoms with Gasteiger partial charge in [0.1, 0.15) is 0 Å². The summed E-state index contributed by atoms with van der Waals surface area (Å²) < 4.78 is 25.5. The molecule has 0 aliphatic carbocycles. The third-order valence-electron chi connectivity index (χ3n) is 8.02. The van der Waals surface area contributed by atoms with E-state index in [1.54, 1.807) is 0 Å². The average Bonchev–Trinajstić information content (AvgIpc) is 3.00. The van der Waals surface area contributed by atoms with Gasteiger partial charge in [-0.25, -0.2) is 0 Å². The number of nitrogens with zero attached hydrogens (tertiary/aromatic N) is 4.